The van der Waals surface area contributed by atoms with Crippen molar-refractivity contribution in [1.82, 2.24) is 9.80 Å². The summed E-state index contributed by atoms with van der Waals surface area (Å²) in [5.74, 6) is -0.257. The van der Waals surface area contributed by atoms with Crippen LogP contribution in [0, 0.1) is 11.7 Å². The number of hydrogen-bond donors (Lipinski definition) is 0. The Kier molecular flexibility index (Phi) is 6.77. The lowest BCUT2D eigenvalue weighted by molar-refractivity contribution is -0.133. The lowest BCUT2D eigenvalue weighted by Gasteiger charge is -2.28. The first-order valence-corrected chi connectivity index (χ1v) is 11.4. The molecule has 160 valence electrons. The zero-order chi connectivity index (χ0) is 21.6. The molecule has 0 bridgehead atoms. The molecule has 4 nitrogen and oxygen atoms in total. The highest BCUT2D eigenvalue weighted by Crippen LogP contribution is 2.30. The number of hydrogen-bond acceptors (Lipinski definition) is 3. The summed E-state index contributed by atoms with van der Waals surface area (Å²) >= 11 is 1.61. The van der Waals surface area contributed by atoms with E-state index in [9.17, 15) is 14.0 Å². The van der Waals surface area contributed by atoms with Crippen LogP contribution in [0.3, 0.4) is 0 Å². The molecule has 6 heteroatoms. The van der Waals surface area contributed by atoms with E-state index in [-0.39, 0.29) is 24.2 Å². The average molecular weight is 437 g/mol. The molecular formula is C25H25FN2O2S. The van der Waals surface area contributed by atoms with Gasteiger partial charge in [-0.3, -0.25) is 9.59 Å². The van der Waals surface area contributed by atoms with E-state index in [1.807, 2.05) is 47.8 Å². The topological polar surface area (TPSA) is 40.6 Å². The molecule has 0 N–H and O–H groups in total. The number of thiophene rings is 1. The Morgan fingerprint density at radius 2 is 1.65 bits per heavy atom. The van der Waals surface area contributed by atoms with E-state index in [2.05, 4.69) is 0 Å². The number of rotatable bonds is 9. The van der Waals surface area contributed by atoms with Crippen LogP contribution < -0.4 is 0 Å². The molecule has 0 atom stereocenters. The van der Waals surface area contributed by atoms with Crippen molar-refractivity contribution in [1.29, 1.82) is 0 Å². The second kappa shape index (κ2) is 9.88. The molecule has 2 aromatic carbocycles. The van der Waals surface area contributed by atoms with Crippen LogP contribution in [0.1, 0.15) is 33.6 Å². The van der Waals surface area contributed by atoms with E-state index in [0.717, 1.165) is 23.3 Å². The van der Waals surface area contributed by atoms with Gasteiger partial charge in [0.15, 0.2) is 0 Å². The lowest BCUT2D eigenvalue weighted by atomic mass is 10.1. The van der Waals surface area contributed by atoms with E-state index in [1.165, 1.54) is 24.3 Å². The Balaban J connectivity index is 1.51. The molecule has 1 aliphatic carbocycles. The fourth-order valence-electron chi connectivity index (χ4n) is 3.50. The SMILES string of the molecule is O=C(CN(CC1CC1)C(=O)c1ccc(F)cc1)N(Cc1ccccc1)Cc1cccs1. The number of amides is 2. The summed E-state index contributed by atoms with van der Waals surface area (Å²) in [6.07, 6.45) is 2.15. The fraction of sp³-hybridized carbons (Fsp3) is 0.280. The van der Waals surface area contributed by atoms with Gasteiger partial charge in [-0.15, -0.1) is 11.3 Å². The van der Waals surface area contributed by atoms with Gasteiger partial charge in [0.25, 0.3) is 5.91 Å². The van der Waals surface area contributed by atoms with Crippen LogP contribution >= 0.6 is 11.3 Å². The predicted octanol–water partition coefficient (Wildman–Crippen LogP) is 4.97. The lowest BCUT2D eigenvalue weighted by Crippen LogP contribution is -2.43. The first-order chi connectivity index (χ1) is 15.1. The zero-order valence-corrected chi connectivity index (χ0v) is 18.1. The Labute approximate surface area is 185 Å². The number of halogens is 1. The summed E-state index contributed by atoms with van der Waals surface area (Å²) < 4.78 is 13.3. The van der Waals surface area contributed by atoms with Gasteiger partial charge >= 0.3 is 0 Å². The van der Waals surface area contributed by atoms with Crippen LogP contribution in [0.25, 0.3) is 0 Å². The molecule has 0 saturated heterocycles. The number of carbonyl (C=O) groups excluding carboxylic acids is 2. The molecule has 2 amide bonds. The van der Waals surface area contributed by atoms with E-state index in [0.29, 0.717) is 31.1 Å². The Morgan fingerprint density at radius 3 is 2.29 bits per heavy atom. The Morgan fingerprint density at radius 1 is 0.903 bits per heavy atom. The minimum Gasteiger partial charge on any atom is -0.332 e. The highest BCUT2D eigenvalue weighted by atomic mass is 32.1. The van der Waals surface area contributed by atoms with E-state index in [4.69, 9.17) is 0 Å². The summed E-state index contributed by atoms with van der Waals surface area (Å²) in [7, 11) is 0. The Hall–Kier alpha value is -2.99. The molecule has 1 aliphatic rings. The van der Waals surface area contributed by atoms with Crippen molar-refractivity contribution in [3.8, 4) is 0 Å². The van der Waals surface area contributed by atoms with Crippen LogP contribution in [0.5, 0.6) is 0 Å². The standard InChI is InChI=1S/C25H25FN2O2S/c26-22-12-10-21(11-13-22)25(30)28(16-20-8-9-20)18-24(29)27(17-23-7-4-14-31-23)15-19-5-2-1-3-6-19/h1-7,10-14,20H,8-9,15-18H2. The largest absolute Gasteiger partial charge is 0.332 e. The second-order valence-electron chi connectivity index (χ2n) is 7.95. The summed E-state index contributed by atoms with van der Waals surface area (Å²) in [6, 6.07) is 19.4. The van der Waals surface area contributed by atoms with Crippen LogP contribution in [0.15, 0.2) is 72.1 Å². The molecule has 1 heterocycles. The van der Waals surface area contributed by atoms with E-state index < -0.39 is 0 Å². The molecular weight excluding hydrogens is 411 g/mol. The smallest absolute Gasteiger partial charge is 0.254 e. The van der Waals surface area contributed by atoms with Gasteiger partial charge in [-0.25, -0.2) is 4.39 Å². The first-order valence-electron chi connectivity index (χ1n) is 10.5. The van der Waals surface area contributed by atoms with Crippen molar-refractivity contribution in [3.05, 3.63) is 93.9 Å². The maximum atomic E-state index is 13.4. The van der Waals surface area contributed by atoms with E-state index >= 15 is 0 Å². The molecule has 1 aromatic heterocycles. The summed E-state index contributed by atoms with van der Waals surface area (Å²) in [5.41, 5.74) is 1.45. The third kappa shape index (κ3) is 6.01. The summed E-state index contributed by atoms with van der Waals surface area (Å²) in [6.45, 7) is 1.57. The molecule has 1 saturated carbocycles. The van der Waals surface area contributed by atoms with Crippen LogP contribution in [-0.4, -0.2) is 34.7 Å². The van der Waals surface area contributed by atoms with Gasteiger partial charge in [0.05, 0.1) is 6.54 Å². The average Bonchev–Trinajstić information content (AvgIpc) is 3.45. The fourth-order valence-corrected chi connectivity index (χ4v) is 4.22. The Bertz CT molecular complexity index is 1000. The second-order valence-corrected chi connectivity index (χ2v) is 8.98. The van der Waals surface area contributed by atoms with Crippen molar-refractivity contribution in [2.45, 2.75) is 25.9 Å². The molecule has 3 aromatic rings. The minimum atomic E-state index is -0.383. The van der Waals surface area contributed by atoms with Gasteiger partial charge in [-0.2, -0.15) is 0 Å². The summed E-state index contributed by atoms with van der Waals surface area (Å²) in [5, 5.41) is 2.00. The van der Waals surface area contributed by atoms with Crippen molar-refractivity contribution in [3.63, 3.8) is 0 Å². The van der Waals surface area contributed by atoms with Crippen molar-refractivity contribution in [2.24, 2.45) is 5.92 Å². The van der Waals surface area contributed by atoms with Crippen molar-refractivity contribution >= 4 is 23.2 Å². The third-order valence-electron chi connectivity index (χ3n) is 5.38. The van der Waals surface area contributed by atoms with Gasteiger partial charge in [0.1, 0.15) is 12.4 Å². The zero-order valence-electron chi connectivity index (χ0n) is 17.2. The summed E-state index contributed by atoms with van der Waals surface area (Å²) in [4.78, 5) is 31.0. The number of benzene rings is 2. The molecule has 0 spiro atoms. The number of carbonyl (C=O) groups is 2. The predicted molar refractivity (Wildman–Crippen MR) is 120 cm³/mol. The maximum Gasteiger partial charge on any atom is 0.254 e. The van der Waals surface area contributed by atoms with Crippen molar-refractivity contribution < 1.29 is 14.0 Å². The first kappa shape index (κ1) is 21.2. The van der Waals surface area contributed by atoms with Crippen LogP contribution in [0.2, 0.25) is 0 Å². The van der Waals surface area contributed by atoms with Crippen LogP contribution in [-0.2, 0) is 17.9 Å². The van der Waals surface area contributed by atoms with Crippen LogP contribution in [0.4, 0.5) is 4.39 Å². The van der Waals surface area contributed by atoms with Crippen molar-refractivity contribution in [2.75, 3.05) is 13.1 Å². The molecule has 1 fully saturated rings. The molecule has 0 radical (unpaired) electrons. The number of nitrogens with zero attached hydrogens (tertiary/aromatic N) is 2. The van der Waals surface area contributed by atoms with Gasteiger partial charge in [0, 0.05) is 23.5 Å². The highest BCUT2D eigenvalue weighted by Gasteiger charge is 2.30. The van der Waals surface area contributed by atoms with Gasteiger partial charge in [-0.05, 0) is 60.0 Å². The maximum absolute atomic E-state index is 13.4. The molecule has 0 aliphatic heterocycles. The highest BCUT2D eigenvalue weighted by molar-refractivity contribution is 7.09. The molecule has 0 unspecified atom stereocenters. The third-order valence-corrected chi connectivity index (χ3v) is 6.24. The van der Waals surface area contributed by atoms with E-state index in [1.54, 1.807) is 21.1 Å². The normalized spacial score (nSPS) is 13.1. The van der Waals surface area contributed by atoms with Gasteiger partial charge in [0.2, 0.25) is 5.91 Å². The molecule has 4 rings (SSSR count). The minimum absolute atomic E-state index is 0.0188. The molecule has 31 heavy (non-hydrogen) atoms. The monoisotopic (exact) mass is 436 g/mol. The van der Waals surface area contributed by atoms with Gasteiger partial charge in [-0.1, -0.05) is 36.4 Å². The van der Waals surface area contributed by atoms with Gasteiger partial charge < -0.3 is 9.80 Å². The quantitative estimate of drug-likeness (QED) is 0.475.